The Morgan fingerprint density at radius 3 is 2.22 bits per heavy atom. The molecule has 4 rings (SSSR count). The van der Waals surface area contributed by atoms with Crippen molar-refractivity contribution in [3.63, 3.8) is 0 Å². The molecule has 192 valence electrons. The number of amides is 2. The minimum atomic E-state index is -1.07. The van der Waals surface area contributed by atoms with E-state index in [9.17, 15) is 19.5 Å². The molecule has 2 aromatic carbocycles. The Hall–Kier alpha value is -3.55. The first-order valence-electron chi connectivity index (χ1n) is 12.5. The Morgan fingerprint density at radius 1 is 1.03 bits per heavy atom. The fourth-order valence-electron chi connectivity index (χ4n) is 5.17. The molecule has 2 aromatic rings. The average molecular weight is 495 g/mol. The highest BCUT2D eigenvalue weighted by molar-refractivity contribution is 5.79. The summed E-state index contributed by atoms with van der Waals surface area (Å²) >= 11 is 0. The van der Waals surface area contributed by atoms with Gasteiger partial charge in [0.15, 0.2) is 0 Å². The minimum Gasteiger partial charge on any atom is -0.481 e. The smallest absolute Gasteiger partial charge is 0.410 e. The van der Waals surface area contributed by atoms with E-state index in [2.05, 4.69) is 29.6 Å². The number of piperidine rings is 1. The summed E-state index contributed by atoms with van der Waals surface area (Å²) in [6.45, 7) is 5.66. The third-order valence-corrected chi connectivity index (χ3v) is 6.77. The van der Waals surface area contributed by atoms with Crippen LogP contribution in [0.25, 0.3) is 11.1 Å². The number of likely N-dealkylation sites (tertiary alicyclic amines) is 1. The number of alkyl carbamates (subject to hydrolysis) is 1. The van der Waals surface area contributed by atoms with Crippen molar-refractivity contribution in [1.82, 2.24) is 10.2 Å². The Balaban J connectivity index is 1.44. The largest absolute Gasteiger partial charge is 0.481 e. The molecule has 0 spiro atoms. The molecule has 0 saturated carbocycles. The fraction of sp³-hybridized carbons (Fsp3) is 0.464. The molecule has 0 bridgehead atoms. The second kappa shape index (κ2) is 10.6. The van der Waals surface area contributed by atoms with E-state index in [0.717, 1.165) is 35.1 Å². The molecule has 1 heterocycles. The molecule has 1 aliphatic heterocycles. The molecule has 2 aliphatic rings. The minimum absolute atomic E-state index is 0.0753. The van der Waals surface area contributed by atoms with Gasteiger partial charge in [0.25, 0.3) is 0 Å². The van der Waals surface area contributed by atoms with Crippen molar-refractivity contribution >= 4 is 18.2 Å². The van der Waals surface area contributed by atoms with Gasteiger partial charge in [0, 0.05) is 19.0 Å². The molecule has 1 aliphatic carbocycles. The number of ether oxygens (including phenoxy) is 2. The van der Waals surface area contributed by atoms with Crippen LogP contribution in [0.15, 0.2) is 48.5 Å². The molecule has 2 N–H and O–H groups in total. The first-order valence-corrected chi connectivity index (χ1v) is 12.5. The van der Waals surface area contributed by atoms with Crippen molar-refractivity contribution in [1.29, 1.82) is 0 Å². The number of rotatable bonds is 6. The number of carboxylic acid groups (broad SMARTS) is 1. The van der Waals surface area contributed by atoms with E-state index >= 15 is 0 Å². The van der Waals surface area contributed by atoms with Gasteiger partial charge in [0.1, 0.15) is 12.2 Å². The molecular weight excluding hydrogens is 460 g/mol. The van der Waals surface area contributed by atoms with Gasteiger partial charge in [0.2, 0.25) is 0 Å². The maximum atomic E-state index is 13.2. The van der Waals surface area contributed by atoms with E-state index in [1.165, 1.54) is 4.90 Å². The van der Waals surface area contributed by atoms with Crippen molar-refractivity contribution in [2.75, 3.05) is 19.7 Å². The lowest BCUT2D eigenvalue weighted by molar-refractivity contribution is -0.144. The van der Waals surface area contributed by atoms with Crippen LogP contribution in [0.4, 0.5) is 9.59 Å². The van der Waals surface area contributed by atoms with E-state index in [0.29, 0.717) is 13.0 Å². The van der Waals surface area contributed by atoms with Gasteiger partial charge in [-0.15, -0.1) is 0 Å². The van der Waals surface area contributed by atoms with E-state index in [4.69, 9.17) is 9.47 Å². The number of benzene rings is 2. The molecule has 2 amide bonds. The number of carbonyl (C=O) groups is 3. The van der Waals surface area contributed by atoms with Gasteiger partial charge >= 0.3 is 18.2 Å². The summed E-state index contributed by atoms with van der Waals surface area (Å²) in [5, 5.41) is 12.5. The predicted octanol–water partition coefficient (Wildman–Crippen LogP) is 5.02. The summed E-state index contributed by atoms with van der Waals surface area (Å²) in [7, 11) is 0. The average Bonchev–Trinajstić information content (AvgIpc) is 3.15. The number of hydrogen-bond donors (Lipinski definition) is 2. The van der Waals surface area contributed by atoms with Crippen molar-refractivity contribution in [3.05, 3.63) is 59.7 Å². The number of aliphatic carboxylic acids is 1. The molecule has 8 nitrogen and oxygen atoms in total. The van der Waals surface area contributed by atoms with Crippen LogP contribution in [0, 0.1) is 5.92 Å². The predicted molar refractivity (Wildman–Crippen MR) is 135 cm³/mol. The topological polar surface area (TPSA) is 105 Å². The van der Waals surface area contributed by atoms with Crippen LogP contribution in [-0.2, 0) is 14.3 Å². The standard InChI is InChI=1S/C28H34N2O6/c1-28(2,3)36-26(33)29-16-22(25(31)32)24-14-8-9-15-30(24)27(34)35-17-23-20-12-6-4-10-18(20)19-11-5-7-13-21(19)23/h4-7,10-13,22-24H,8-9,14-17H2,1-3H3,(H,29,33)(H,31,32). The lowest BCUT2D eigenvalue weighted by Gasteiger charge is -2.38. The monoisotopic (exact) mass is 494 g/mol. The van der Waals surface area contributed by atoms with Crippen molar-refractivity contribution in [3.8, 4) is 11.1 Å². The third kappa shape index (κ3) is 5.64. The van der Waals surface area contributed by atoms with Crippen LogP contribution in [0.5, 0.6) is 0 Å². The number of nitrogens with one attached hydrogen (secondary N) is 1. The van der Waals surface area contributed by atoms with E-state index in [1.54, 1.807) is 20.8 Å². The summed E-state index contributed by atoms with van der Waals surface area (Å²) in [5.41, 5.74) is 3.83. The SMILES string of the molecule is CC(C)(C)OC(=O)NCC(C(=O)O)C1CCCCN1C(=O)OCC1c2ccccc2-c2ccccc21. The van der Waals surface area contributed by atoms with Crippen LogP contribution < -0.4 is 5.32 Å². The molecule has 36 heavy (non-hydrogen) atoms. The van der Waals surface area contributed by atoms with Gasteiger partial charge < -0.3 is 24.8 Å². The van der Waals surface area contributed by atoms with Crippen LogP contribution in [0.3, 0.4) is 0 Å². The highest BCUT2D eigenvalue weighted by Gasteiger charge is 2.39. The first-order chi connectivity index (χ1) is 17.2. The lowest BCUT2D eigenvalue weighted by Crippen LogP contribution is -2.53. The molecule has 0 aromatic heterocycles. The van der Waals surface area contributed by atoms with Crippen LogP contribution in [0.1, 0.15) is 57.1 Å². The Labute approximate surface area is 211 Å². The molecular formula is C28H34N2O6. The first kappa shape index (κ1) is 25.5. The van der Waals surface area contributed by atoms with E-state index < -0.39 is 35.7 Å². The van der Waals surface area contributed by atoms with Crippen LogP contribution >= 0.6 is 0 Å². The number of fused-ring (bicyclic) bond motifs is 3. The number of nitrogens with zero attached hydrogens (tertiary/aromatic N) is 1. The summed E-state index contributed by atoms with van der Waals surface area (Å²) in [6, 6.07) is 15.6. The Morgan fingerprint density at radius 2 is 1.64 bits per heavy atom. The van der Waals surface area contributed by atoms with Crippen molar-refractivity contribution < 1.29 is 29.0 Å². The molecule has 2 unspecified atom stereocenters. The maximum Gasteiger partial charge on any atom is 0.410 e. The van der Waals surface area contributed by atoms with Gasteiger partial charge in [-0.2, -0.15) is 0 Å². The number of hydrogen-bond acceptors (Lipinski definition) is 5. The Kier molecular flexibility index (Phi) is 7.52. The van der Waals surface area contributed by atoms with Gasteiger partial charge in [-0.05, 0) is 62.3 Å². The zero-order valence-electron chi connectivity index (χ0n) is 21.0. The lowest BCUT2D eigenvalue weighted by atomic mass is 9.90. The molecule has 8 heteroatoms. The summed E-state index contributed by atoms with van der Waals surface area (Å²) < 4.78 is 11.0. The van der Waals surface area contributed by atoms with Crippen LogP contribution in [-0.4, -0.2) is 59.5 Å². The molecule has 1 saturated heterocycles. The normalized spacial score (nSPS) is 18.1. The molecule has 0 radical (unpaired) electrons. The zero-order valence-corrected chi connectivity index (χ0v) is 21.0. The van der Waals surface area contributed by atoms with E-state index in [-0.39, 0.29) is 19.1 Å². The highest BCUT2D eigenvalue weighted by Crippen LogP contribution is 2.44. The second-order valence-corrected chi connectivity index (χ2v) is 10.4. The zero-order chi connectivity index (χ0) is 25.9. The number of carbonyl (C=O) groups excluding carboxylic acids is 2. The second-order valence-electron chi connectivity index (χ2n) is 10.4. The maximum absolute atomic E-state index is 13.2. The summed E-state index contributed by atoms with van der Waals surface area (Å²) in [5.74, 6) is -2.12. The Bertz CT molecular complexity index is 1080. The van der Waals surface area contributed by atoms with Gasteiger partial charge in [-0.25, -0.2) is 9.59 Å². The third-order valence-electron chi connectivity index (χ3n) is 6.77. The summed E-state index contributed by atoms with van der Waals surface area (Å²) in [4.78, 5) is 39.0. The van der Waals surface area contributed by atoms with Gasteiger partial charge in [-0.3, -0.25) is 4.79 Å². The fourth-order valence-corrected chi connectivity index (χ4v) is 5.17. The summed E-state index contributed by atoms with van der Waals surface area (Å²) in [6.07, 6.45) is 0.889. The van der Waals surface area contributed by atoms with Gasteiger partial charge in [0.05, 0.1) is 12.0 Å². The van der Waals surface area contributed by atoms with E-state index in [1.807, 2.05) is 24.3 Å². The molecule has 1 fully saturated rings. The van der Waals surface area contributed by atoms with Crippen LogP contribution in [0.2, 0.25) is 0 Å². The van der Waals surface area contributed by atoms with Gasteiger partial charge in [-0.1, -0.05) is 48.5 Å². The molecule has 2 atom stereocenters. The van der Waals surface area contributed by atoms with Crippen molar-refractivity contribution in [2.24, 2.45) is 5.92 Å². The number of carboxylic acids is 1. The highest BCUT2D eigenvalue weighted by atomic mass is 16.6. The quantitative estimate of drug-likeness (QED) is 0.585. The van der Waals surface area contributed by atoms with Crippen molar-refractivity contribution in [2.45, 2.75) is 57.6 Å².